The Kier molecular flexibility index (Phi) is 5.48. The smallest absolute Gasteiger partial charge is 0.265 e. The van der Waals surface area contributed by atoms with Crippen LogP contribution in [0.2, 0.25) is 0 Å². The third-order valence-corrected chi connectivity index (χ3v) is 5.51. The van der Waals surface area contributed by atoms with Gasteiger partial charge in [-0.2, -0.15) is 0 Å². The Bertz CT molecular complexity index is 537. The molecule has 0 aliphatic heterocycles. The number of nitrogens with zero attached hydrogens (tertiary/aromatic N) is 2. The average Bonchev–Trinajstić information content (AvgIpc) is 2.84. The first-order valence-electron chi connectivity index (χ1n) is 5.72. The van der Waals surface area contributed by atoms with E-state index in [0.717, 1.165) is 15.6 Å². The summed E-state index contributed by atoms with van der Waals surface area (Å²) < 4.78 is 25.3. The fraction of sp³-hybridized carbons (Fsp3) is 0.545. The van der Waals surface area contributed by atoms with E-state index >= 15 is 0 Å². The van der Waals surface area contributed by atoms with E-state index in [0.29, 0.717) is 13.1 Å². The van der Waals surface area contributed by atoms with Crippen LogP contribution in [0.4, 0.5) is 0 Å². The number of sulfonamides is 1. The molecule has 0 radical (unpaired) electrons. The summed E-state index contributed by atoms with van der Waals surface area (Å²) in [5.74, 6) is -0.273. The molecule has 6 nitrogen and oxygen atoms in total. The van der Waals surface area contributed by atoms with Gasteiger partial charge in [0.25, 0.3) is 5.91 Å². The van der Waals surface area contributed by atoms with Crippen LogP contribution in [-0.4, -0.2) is 64.8 Å². The van der Waals surface area contributed by atoms with Gasteiger partial charge in [0.05, 0.1) is 0 Å². The van der Waals surface area contributed by atoms with E-state index in [1.807, 2.05) is 0 Å². The lowest BCUT2D eigenvalue weighted by molar-refractivity contribution is 0.0798. The van der Waals surface area contributed by atoms with Crippen LogP contribution in [0.25, 0.3) is 0 Å². The van der Waals surface area contributed by atoms with Crippen molar-refractivity contribution in [3.63, 3.8) is 0 Å². The Labute approximate surface area is 118 Å². The van der Waals surface area contributed by atoms with Crippen LogP contribution >= 0.6 is 11.3 Å². The van der Waals surface area contributed by atoms with E-state index in [2.05, 4.69) is 5.32 Å². The minimum Gasteiger partial charge on any atom is -0.340 e. The number of carbonyl (C=O) groups is 1. The summed E-state index contributed by atoms with van der Waals surface area (Å²) in [6.45, 7) is 1.18. The van der Waals surface area contributed by atoms with E-state index in [1.165, 1.54) is 25.1 Å². The minimum atomic E-state index is -3.58. The molecule has 0 unspecified atom stereocenters. The highest BCUT2D eigenvalue weighted by atomic mass is 32.2. The number of rotatable bonds is 6. The molecule has 0 saturated heterocycles. The topological polar surface area (TPSA) is 69.7 Å². The first kappa shape index (κ1) is 16.1. The van der Waals surface area contributed by atoms with Gasteiger partial charge in [-0.15, -0.1) is 11.3 Å². The van der Waals surface area contributed by atoms with Gasteiger partial charge in [0.15, 0.2) is 0 Å². The Hall–Kier alpha value is -0.960. The summed E-state index contributed by atoms with van der Waals surface area (Å²) in [4.78, 5) is 14.1. The van der Waals surface area contributed by atoms with Gasteiger partial charge >= 0.3 is 0 Å². The molecule has 1 amide bonds. The average molecular weight is 305 g/mol. The number of hydrogen-bond donors (Lipinski definition) is 1. The lowest BCUT2D eigenvalue weighted by atomic mass is 10.4. The zero-order valence-electron chi connectivity index (χ0n) is 11.5. The van der Waals surface area contributed by atoms with Gasteiger partial charge in [0.2, 0.25) is 10.0 Å². The van der Waals surface area contributed by atoms with Crippen LogP contribution in [0, 0.1) is 0 Å². The van der Waals surface area contributed by atoms with Crippen molar-refractivity contribution in [1.29, 1.82) is 0 Å². The van der Waals surface area contributed by atoms with E-state index < -0.39 is 10.0 Å². The Morgan fingerprint density at radius 3 is 2.53 bits per heavy atom. The van der Waals surface area contributed by atoms with Gasteiger partial charge < -0.3 is 10.2 Å². The normalized spacial score (nSPS) is 11.8. The van der Waals surface area contributed by atoms with E-state index in [1.54, 1.807) is 19.5 Å². The summed E-state index contributed by atoms with van der Waals surface area (Å²) in [5, 5.41) is 4.57. The monoisotopic (exact) mass is 305 g/mol. The van der Waals surface area contributed by atoms with E-state index in [9.17, 15) is 13.2 Å². The largest absolute Gasteiger partial charge is 0.340 e. The highest BCUT2D eigenvalue weighted by molar-refractivity contribution is 7.89. The molecule has 0 aromatic carbocycles. The number of likely N-dealkylation sites (N-methyl/N-ethyl adjacent to an activating group) is 2. The second-order valence-electron chi connectivity index (χ2n) is 4.23. The third-order valence-electron chi connectivity index (χ3n) is 2.63. The SMILES string of the molecule is CNCCN(C)C(=O)c1sccc1S(=O)(=O)N(C)C. The Morgan fingerprint density at radius 2 is 2.00 bits per heavy atom. The quantitative estimate of drug-likeness (QED) is 0.820. The van der Waals surface area contributed by atoms with Crippen molar-refractivity contribution < 1.29 is 13.2 Å². The van der Waals surface area contributed by atoms with Crippen molar-refractivity contribution in [1.82, 2.24) is 14.5 Å². The van der Waals surface area contributed by atoms with Crippen LogP contribution in [-0.2, 0) is 10.0 Å². The van der Waals surface area contributed by atoms with Gasteiger partial charge in [-0.05, 0) is 18.5 Å². The molecule has 1 heterocycles. The van der Waals surface area contributed by atoms with Gasteiger partial charge in [-0.25, -0.2) is 12.7 Å². The molecule has 0 atom stereocenters. The van der Waals surface area contributed by atoms with Crippen molar-refractivity contribution >= 4 is 27.3 Å². The molecule has 0 fully saturated rings. The molecule has 1 rings (SSSR count). The zero-order chi connectivity index (χ0) is 14.6. The molecule has 19 heavy (non-hydrogen) atoms. The lowest BCUT2D eigenvalue weighted by Gasteiger charge is -2.18. The van der Waals surface area contributed by atoms with Gasteiger partial charge in [0.1, 0.15) is 9.77 Å². The molecule has 1 aromatic rings. The molecular formula is C11H19N3O3S2. The Balaban J connectivity index is 3.04. The molecule has 0 spiro atoms. The molecule has 0 saturated carbocycles. The summed E-state index contributed by atoms with van der Waals surface area (Å²) in [6.07, 6.45) is 0. The van der Waals surface area contributed by atoms with Crippen molar-refractivity contribution in [3.8, 4) is 0 Å². The van der Waals surface area contributed by atoms with Gasteiger partial charge in [-0.1, -0.05) is 0 Å². The Morgan fingerprint density at radius 1 is 1.37 bits per heavy atom. The first-order valence-corrected chi connectivity index (χ1v) is 8.04. The standard InChI is InChI=1S/C11H19N3O3S2/c1-12-6-7-14(4)11(15)10-9(5-8-18-10)19(16,17)13(2)3/h5,8,12H,6-7H2,1-4H3. The summed E-state index contributed by atoms with van der Waals surface area (Å²) in [7, 11) is 2.77. The van der Waals surface area contributed by atoms with Crippen LogP contribution in [0.1, 0.15) is 9.67 Å². The number of amides is 1. The molecule has 1 N–H and O–H groups in total. The minimum absolute atomic E-state index is 0.0730. The lowest BCUT2D eigenvalue weighted by Crippen LogP contribution is -2.33. The van der Waals surface area contributed by atoms with Gasteiger partial charge in [-0.3, -0.25) is 4.79 Å². The van der Waals surface area contributed by atoms with Crippen LogP contribution in [0.3, 0.4) is 0 Å². The molecular weight excluding hydrogens is 286 g/mol. The zero-order valence-corrected chi connectivity index (χ0v) is 13.1. The number of thiophene rings is 1. The maximum Gasteiger partial charge on any atom is 0.265 e. The third kappa shape index (κ3) is 3.53. The molecule has 1 aromatic heterocycles. The van der Waals surface area contributed by atoms with E-state index in [-0.39, 0.29) is 15.7 Å². The van der Waals surface area contributed by atoms with Crippen molar-refractivity contribution in [2.24, 2.45) is 0 Å². The second kappa shape index (κ2) is 6.47. The summed E-state index contributed by atoms with van der Waals surface area (Å²) >= 11 is 1.15. The summed E-state index contributed by atoms with van der Waals surface area (Å²) in [5.41, 5.74) is 0. The predicted octanol–water partition coefficient (Wildman–Crippen LogP) is 0.290. The molecule has 8 heteroatoms. The van der Waals surface area contributed by atoms with Crippen LogP contribution in [0.5, 0.6) is 0 Å². The molecule has 0 aliphatic carbocycles. The number of nitrogens with one attached hydrogen (secondary N) is 1. The number of carbonyl (C=O) groups excluding carboxylic acids is 1. The van der Waals surface area contributed by atoms with Crippen LogP contribution in [0.15, 0.2) is 16.3 Å². The highest BCUT2D eigenvalue weighted by Gasteiger charge is 2.27. The predicted molar refractivity (Wildman–Crippen MR) is 76.1 cm³/mol. The van der Waals surface area contributed by atoms with Crippen molar-refractivity contribution in [2.75, 3.05) is 41.3 Å². The fourth-order valence-corrected chi connectivity index (χ4v) is 3.69. The molecule has 0 aliphatic rings. The maximum absolute atomic E-state index is 12.2. The number of hydrogen-bond acceptors (Lipinski definition) is 5. The van der Waals surface area contributed by atoms with E-state index in [4.69, 9.17) is 0 Å². The summed E-state index contributed by atoms with van der Waals surface area (Å²) in [6, 6.07) is 1.47. The fourth-order valence-electron chi connectivity index (χ4n) is 1.41. The second-order valence-corrected chi connectivity index (χ2v) is 7.27. The maximum atomic E-state index is 12.2. The molecule has 0 bridgehead atoms. The van der Waals surface area contributed by atoms with Crippen molar-refractivity contribution in [2.45, 2.75) is 4.90 Å². The molecule has 108 valence electrons. The first-order chi connectivity index (χ1) is 8.82. The highest BCUT2D eigenvalue weighted by Crippen LogP contribution is 2.25. The van der Waals surface area contributed by atoms with Crippen LogP contribution < -0.4 is 5.32 Å². The van der Waals surface area contributed by atoms with Crippen molar-refractivity contribution in [3.05, 3.63) is 16.3 Å². The van der Waals surface area contributed by atoms with Gasteiger partial charge in [0, 0.05) is 34.2 Å².